The van der Waals surface area contributed by atoms with Crippen LogP contribution in [-0.4, -0.2) is 29.6 Å². The van der Waals surface area contributed by atoms with Crippen molar-refractivity contribution in [2.24, 2.45) is 0 Å². The van der Waals surface area contributed by atoms with Crippen molar-refractivity contribution in [3.63, 3.8) is 0 Å². The summed E-state index contributed by atoms with van der Waals surface area (Å²) in [6.45, 7) is 10.8. The highest BCUT2D eigenvalue weighted by molar-refractivity contribution is 7.90. The van der Waals surface area contributed by atoms with Crippen molar-refractivity contribution in [2.75, 3.05) is 0 Å². The number of rotatable bonds is 3. The van der Waals surface area contributed by atoms with Gasteiger partial charge in [-0.15, -0.1) is 6.58 Å². The number of hydrogen-bond acceptors (Lipinski definition) is 2. The molecule has 0 aromatic heterocycles. The van der Waals surface area contributed by atoms with E-state index in [9.17, 15) is 8.42 Å². The molecule has 0 radical (unpaired) electrons. The van der Waals surface area contributed by atoms with Gasteiger partial charge in [0.2, 0.25) is 10.0 Å². The first kappa shape index (κ1) is 11.7. The molecule has 0 bridgehead atoms. The normalized spacial score (nSPS) is 32.7. The van der Waals surface area contributed by atoms with Crippen LogP contribution in [0.3, 0.4) is 0 Å². The summed E-state index contributed by atoms with van der Waals surface area (Å²) in [6.07, 6.45) is 2.52. The first-order valence-electron chi connectivity index (χ1n) is 4.87. The summed E-state index contributed by atoms with van der Waals surface area (Å²) >= 11 is 0. The minimum atomic E-state index is -3.14. The van der Waals surface area contributed by atoms with Crippen LogP contribution in [0.15, 0.2) is 12.7 Å². The summed E-state index contributed by atoms with van der Waals surface area (Å²) in [6, 6.07) is 0.272. The van der Waals surface area contributed by atoms with E-state index in [2.05, 4.69) is 6.58 Å². The van der Waals surface area contributed by atoms with Gasteiger partial charge in [0, 0.05) is 12.1 Å². The molecule has 1 heterocycles. The molecule has 0 aromatic carbocycles. The Morgan fingerprint density at radius 1 is 1.43 bits per heavy atom. The van der Waals surface area contributed by atoms with Gasteiger partial charge in [-0.25, -0.2) is 8.42 Å². The lowest BCUT2D eigenvalue weighted by Gasteiger charge is -2.20. The van der Waals surface area contributed by atoms with Crippen molar-refractivity contribution < 1.29 is 8.42 Å². The number of sulfonamides is 1. The molecule has 3 atom stereocenters. The molecule has 0 aromatic rings. The van der Waals surface area contributed by atoms with Crippen LogP contribution in [0.2, 0.25) is 0 Å². The molecular weight excluding hydrogens is 198 g/mol. The van der Waals surface area contributed by atoms with Gasteiger partial charge in [-0.2, -0.15) is 4.31 Å². The van der Waals surface area contributed by atoms with E-state index in [1.807, 2.05) is 6.92 Å². The fourth-order valence-corrected chi connectivity index (χ4v) is 3.34. The molecule has 0 spiro atoms. The Morgan fingerprint density at radius 2 is 1.93 bits per heavy atom. The van der Waals surface area contributed by atoms with E-state index in [0.717, 1.165) is 6.42 Å². The lowest BCUT2D eigenvalue weighted by Crippen LogP contribution is -2.34. The zero-order valence-corrected chi connectivity index (χ0v) is 10.1. The maximum absolute atomic E-state index is 12.0. The fourth-order valence-electron chi connectivity index (χ4n) is 1.57. The maximum atomic E-state index is 12.0. The van der Waals surface area contributed by atoms with Gasteiger partial charge < -0.3 is 0 Å². The van der Waals surface area contributed by atoms with Gasteiger partial charge in [-0.1, -0.05) is 6.08 Å². The van der Waals surface area contributed by atoms with Crippen LogP contribution < -0.4 is 0 Å². The molecule has 0 amide bonds. The topological polar surface area (TPSA) is 37.1 Å². The second kappa shape index (κ2) is 3.35. The summed E-state index contributed by atoms with van der Waals surface area (Å²) in [5, 5.41) is 0. The average Bonchev–Trinajstić information content (AvgIpc) is 2.60. The Labute approximate surface area is 86.8 Å². The SMILES string of the molecule is C=CC[C@H]1[C@H](C)N1S(=O)(=O)C(C)(C)C. The maximum Gasteiger partial charge on any atom is 0.219 e. The molecule has 14 heavy (non-hydrogen) atoms. The number of nitrogens with zero attached hydrogens (tertiary/aromatic N) is 1. The van der Waals surface area contributed by atoms with E-state index in [1.54, 1.807) is 31.2 Å². The number of hydrogen-bond donors (Lipinski definition) is 0. The third-order valence-corrected chi connectivity index (χ3v) is 5.36. The van der Waals surface area contributed by atoms with E-state index in [4.69, 9.17) is 0 Å². The van der Waals surface area contributed by atoms with E-state index in [0.29, 0.717) is 0 Å². The van der Waals surface area contributed by atoms with Gasteiger partial charge in [0.05, 0.1) is 4.75 Å². The van der Waals surface area contributed by atoms with E-state index in [-0.39, 0.29) is 12.1 Å². The average molecular weight is 217 g/mol. The van der Waals surface area contributed by atoms with Crippen molar-refractivity contribution in [1.29, 1.82) is 0 Å². The van der Waals surface area contributed by atoms with Crippen LogP contribution in [0.1, 0.15) is 34.1 Å². The van der Waals surface area contributed by atoms with E-state index < -0.39 is 14.8 Å². The van der Waals surface area contributed by atoms with Crippen molar-refractivity contribution in [3.05, 3.63) is 12.7 Å². The molecule has 82 valence electrons. The van der Waals surface area contributed by atoms with Crippen LogP contribution in [0.4, 0.5) is 0 Å². The van der Waals surface area contributed by atoms with Gasteiger partial charge >= 0.3 is 0 Å². The van der Waals surface area contributed by atoms with Crippen molar-refractivity contribution in [1.82, 2.24) is 4.31 Å². The van der Waals surface area contributed by atoms with Crippen LogP contribution in [0, 0.1) is 0 Å². The Hall–Kier alpha value is -0.350. The first-order valence-corrected chi connectivity index (χ1v) is 6.31. The van der Waals surface area contributed by atoms with Gasteiger partial charge in [0.15, 0.2) is 0 Å². The third-order valence-electron chi connectivity index (χ3n) is 2.65. The molecule has 3 nitrogen and oxygen atoms in total. The second-order valence-corrected chi connectivity index (χ2v) is 7.38. The van der Waals surface area contributed by atoms with Gasteiger partial charge in [0.25, 0.3) is 0 Å². The smallest absolute Gasteiger partial charge is 0.212 e. The Kier molecular flexibility index (Phi) is 2.80. The molecule has 1 saturated heterocycles. The van der Waals surface area contributed by atoms with Crippen LogP contribution >= 0.6 is 0 Å². The second-order valence-electron chi connectivity index (χ2n) is 4.78. The van der Waals surface area contributed by atoms with E-state index >= 15 is 0 Å². The predicted molar refractivity (Wildman–Crippen MR) is 58.6 cm³/mol. The predicted octanol–water partition coefficient (Wildman–Crippen LogP) is 1.76. The zero-order chi connectivity index (χ0) is 11.1. The lowest BCUT2D eigenvalue weighted by molar-refractivity contribution is 0.511. The highest BCUT2D eigenvalue weighted by Crippen LogP contribution is 2.39. The molecule has 1 rings (SSSR count). The van der Waals surface area contributed by atoms with Crippen LogP contribution in [0.25, 0.3) is 0 Å². The molecule has 1 aliphatic heterocycles. The molecule has 1 aliphatic rings. The van der Waals surface area contributed by atoms with Crippen LogP contribution in [-0.2, 0) is 10.0 Å². The van der Waals surface area contributed by atoms with Crippen molar-refractivity contribution >= 4 is 10.0 Å². The van der Waals surface area contributed by atoms with Gasteiger partial charge in [-0.3, -0.25) is 0 Å². The monoisotopic (exact) mass is 217 g/mol. The van der Waals surface area contributed by atoms with Gasteiger partial charge in [0.1, 0.15) is 0 Å². The quantitative estimate of drug-likeness (QED) is 0.533. The molecule has 4 heteroatoms. The lowest BCUT2D eigenvalue weighted by atomic mass is 10.2. The van der Waals surface area contributed by atoms with Crippen molar-refractivity contribution in [2.45, 2.75) is 50.9 Å². The molecule has 1 fully saturated rings. The molecule has 0 N–H and O–H groups in total. The first-order chi connectivity index (χ1) is 6.23. The molecule has 0 aliphatic carbocycles. The summed E-state index contributed by atoms with van der Waals surface area (Å²) < 4.78 is 24.9. The third kappa shape index (κ3) is 1.73. The summed E-state index contributed by atoms with van der Waals surface area (Å²) in [4.78, 5) is 0. The highest BCUT2D eigenvalue weighted by Gasteiger charge is 2.54. The summed E-state index contributed by atoms with van der Waals surface area (Å²) in [5.41, 5.74) is 0. The van der Waals surface area contributed by atoms with Gasteiger partial charge in [-0.05, 0) is 34.1 Å². The fraction of sp³-hybridized carbons (Fsp3) is 0.800. The highest BCUT2D eigenvalue weighted by atomic mass is 32.2. The Bertz CT molecular complexity index is 327. The molecule has 0 saturated carbocycles. The standard InChI is InChI=1S/C10H19NO2S/c1-6-7-9-8(2)11(9)14(12,13)10(3,4)5/h6,8-9H,1,7H2,2-5H3/t8-,9-,11?/m0/s1. The Morgan fingerprint density at radius 3 is 2.29 bits per heavy atom. The van der Waals surface area contributed by atoms with E-state index in [1.165, 1.54) is 0 Å². The minimum Gasteiger partial charge on any atom is -0.212 e. The minimum absolute atomic E-state index is 0.136. The largest absolute Gasteiger partial charge is 0.219 e. The zero-order valence-electron chi connectivity index (χ0n) is 9.32. The Balaban J connectivity index is 2.84. The molecular formula is C10H19NO2S. The summed E-state index contributed by atoms with van der Waals surface area (Å²) in [5.74, 6) is 0. The summed E-state index contributed by atoms with van der Waals surface area (Å²) in [7, 11) is -3.14. The van der Waals surface area contributed by atoms with Crippen molar-refractivity contribution in [3.8, 4) is 0 Å². The molecule has 1 unspecified atom stereocenters. The van der Waals surface area contributed by atoms with Crippen LogP contribution in [0.5, 0.6) is 0 Å².